The van der Waals surface area contributed by atoms with Crippen LogP contribution in [0.15, 0.2) is 24.3 Å². The van der Waals surface area contributed by atoms with Crippen LogP contribution in [0.1, 0.15) is 37.2 Å². The SMILES string of the molecule is COc1ccc(C2CCN(C(=O)CC[C@H]3NC(=O)NC3=O)CC2)cc1. The summed E-state index contributed by atoms with van der Waals surface area (Å²) < 4.78 is 5.18. The molecule has 1 aromatic carbocycles. The third-order valence-corrected chi connectivity index (χ3v) is 4.94. The zero-order valence-electron chi connectivity index (χ0n) is 14.3. The predicted octanol–water partition coefficient (Wildman–Crippen LogP) is 1.39. The minimum Gasteiger partial charge on any atom is -0.497 e. The molecule has 25 heavy (non-hydrogen) atoms. The highest BCUT2D eigenvalue weighted by molar-refractivity contribution is 6.04. The Bertz CT molecular complexity index is 651. The number of benzene rings is 1. The molecule has 3 rings (SSSR count). The molecule has 0 aliphatic carbocycles. The first-order valence-electron chi connectivity index (χ1n) is 8.60. The van der Waals surface area contributed by atoms with Crippen LogP contribution in [0.25, 0.3) is 0 Å². The molecule has 0 aromatic heterocycles. The number of hydrogen-bond acceptors (Lipinski definition) is 4. The van der Waals surface area contributed by atoms with E-state index >= 15 is 0 Å². The molecule has 2 heterocycles. The Morgan fingerprint density at radius 3 is 2.44 bits per heavy atom. The molecule has 0 spiro atoms. The number of amides is 4. The summed E-state index contributed by atoms with van der Waals surface area (Å²) in [5.74, 6) is 0.993. The van der Waals surface area contributed by atoms with Crippen LogP contribution < -0.4 is 15.4 Å². The summed E-state index contributed by atoms with van der Waals surface area (Å²) in [6.07, 6.45) is 2.47. The fourth-order valence-electron chi connectivity index (χ4n) is 3.43. The summed E-state index contributed by atoms with van der Waals surface area (Å²) in [7, 11) is 1.65. The van der Waals surface area contributed by atoms with Gasteiger partial charge in [-0.1, -0.05) is 12.1 Å². The lowest BCUT2D eigenvalue weighted by atomic mass is 9.89. The number of ether oxygens (including phenoxy) is 1. The predicted molar refractivity (Wildman–Crippen MR) is 91.2 cm³/mol. The quantitative estimate of drug-likeness (QED) is 0.790. The maximum atomic E-state index is 12.3. The average molecular weight is 345 g/mol. The highest BCUT2D eigenvalue weighted by Gasteiger charge is 2.31. The third kappa shape index (κ3) is 4.10. The van der Waals surface area contributed by atoms with Crippen molar-refractivity contribution in [1.82, 2.24) is 15.5 Å². The Labute approximate surface area is 146 Å². The number of likely N-dealkylation sites (tertiary alicyclic amines) is 1. The van der Waals surface area contributed by atoms with Gasteiger partial charge in [0.25, 0.3) is 5.91 Å². The number of nitrogens with zero attached hydrogens (tertiary/aromatic N) is 1. The largest absolute Gasteiger partial charge is 0.497 e. The molecular weight excluding hydrogens is 322 g/mol. The van der Waals surface area contributed by atoms with Crippen molar-refractivity contribution < 1.29 is 19.1 Å². The fourth-order valence-corrected chi connectivity index (χ4v) is 3.43. The number of carbonyl (C=O) groups is 3. The van der Waals surface area contributed by atoms with Crippen LogP contribution in [-0.2, 0) is 9.59 Å². The highest BCUT2D eigenvalue weighted by Crippen LogP contribution is 2.29. The Morgan fingerprint density at radius 2 is 1.88 bits per heavy atom. The average Bonchev–Trinajstić information content (AvgIpc) is 2.97. The topological polar surface area (TPSA) is 87.7 Å². The Kier molecular flexibility index (Phi) is 5.21. The first-order chi connectivity index (χ1) is 12.1. The summed E-state index contributed by atoms with van der Waals surface area (Å²) in [6.45, 7) is 1.44. The lowest BCUT2D eigenvalue weighted by Gasteiger charge is -2.32. The van der Waals surface area contributed by atoms with E-state index in [0.29, 0.717) is 12.3 Å². The lowest BCUT2D eigenvalue weighted by Crippen LogP contribution is -2.39. The molecule has 2 saturated heterocycles. The molecule has 7 nitrogen and oxygen atoms in total. The van der Waals surface area contributed by atoms with Crippen LogP contribution in [0.2, 0.25) is 0 Å². The van der Waals surface area contributed by atoms with Gasteiger partial charge in [0, 0.05) is 19.5 Å². The highest BCUT2D eigenvalue weighted by atomic mass is 16.5. The lowest BCUT2D eigenvalue weighted by molar-refractivity contribution is -0.132. The van der Waals surface area contributed by atoms with Gasteiger partial charge in [-0.15, -0.1) is 0 Å². The van der Waals surface area contributed by atoms with E-state index in [1.165, 1.54) is 5.56 Å². The Morgan fingerprint density at radius 1 is 1.20 bits per heavy atom. The fraction of sp³-hybridized carbons (Fsp3) is 0.500. The number of piperidine rings is 1. The first-order valence-corrected chi connectivity index (χ1v) is 8.60. The zero-order valence-corrected chi connectivity index (χ0v) is 14.3. The minimum atomic E-state index is -0.590. The summed E-state index contributed by atoms with van der Waals surface area (Å²) in [5.41, 5.74) is 1.28. The van der Waals surface area contributed by atoms with Gasteiger partial charge in [-0.05, 0) is 42.9 Å². The van der Waals surface area contributed by atoms with Crippen LogP contribution in [0, 0.1) is 0 Å². The van der Waals surface area contributed by atoms with Gasteiger partial charge >= 0.3 is 6.03 Å². The van der Waals surface area contributed by atoms with E-state index in [1.807, 2.05) is 17.0 Å². The molecule has 1 atom stereocenters. The number of imide groups is 1. The van der Waals surface area contributed by atoms with Gasteiger partial charge in [0.05, 0.1) is 7.11 Å². The number of urea groups is 1. The second-order valence-electron chi connectivity index (χ2n) is 6.48. The molecule has 0 radical (unpaired) electrons. The first kappa shape index (κ1) is 17.3. The van der Waals surface area contributed by atoms with E-state index in [4.69, 9.17) is 4.74 Å². The normalized spacial score (nSPS) is 21.0. The number of methoxy groups -OCH3 is 1. The molecule has 0 unspecified atom stereocenters. The van der Waals surface area contributed by atoms with Crippen molar-refractivity contribution in [3.8, 4) is 5.75 Å². The van der Waals surface area contributed by atoms with Crippen molar-refractivity contribution in [1.29, 1.82) is 0 Å². The van der Waals surface area contributed by atoms with Crippen molar-refractivity contribution in [2.75, 3.05) is 20.2 Å². The van der Waals surface area contributed by atoms with Gasteiger partial charge in [-0.25, -0.2) is 4.79 Å². The van der Waals surface area contributed by atoms with Crippen molar-refractivity contribution in [3.63, 3.8) is 0 Å². The van der Waals surface area contributed by atoms with Gasteiger partial charge in [-0.2, -0.15) is 0 Å². The van der Waals surface area contributed by atoms with E-state index in [0.717, 1.165) is 31.7 Å². The molecule has 4 amide bonds. The maximum Gasteiger partial charge on any atom is 0.322 e. The van der Waals surface area contributed by atoms with Crippen LogP contribution in [-0.4, -0.2) is 49.0 Å². The number of hydrogen-bond donors (Lipinski definition) is 2. The molecule has 0 bridgehead atoms. The number of rotatable bonds is 5. The van der Waals surface area contributed by atoms with Crippen LogP contribution >= 0.6 is 0 Å². The monoisotopic (exact) mass is 345 g/mol. The third-order valence-electron chi connectivity index (χ3n) is 4.94. The van der Waals surface area contributed by atoms with E-state index < -0.39 is 12.1 Å². The standard InChI is InChI=1S/C18H23N3O4/c1-25-14-4-2-12(3-5-14)13-8-10-21(11-9-13)16(22)7-6-15-17(23)20-18(24)19-15/h2-5,13,15H,6-11H2,1H3,(H2,19,20,23,24)/t15-/m1/s1. The zero-order chi connectivity index (χ0) is 17.8. The van der Waals surface area contributed by atoms with E-state index in [2.05, 4.69) is 22.8 Å². The second-order valence-corrected chi connectivity index (χ2v) is 6.48. The molecule has 2 aliphatic heterocycles. The van der Waals surface area contributed by atoms with Crippen LogP contribution in [0.3, 0.4) is 0 Å². The summed E-state index contributed by atoms with van der Waals surface area (Å²) in [5, 5.41) is 4.70. The molecule has 2 aliphatic rings. The number of carbonyl (C=O) groups excluding carboxylic acids is 3. The van der Waals surface area contributed by atoms with Crippen molar-refractivity contribution in [2.45, 2.75) is 37.6 Å². The Hall–Kier alpha value is -2.57. The van der Waals surface area contributed by atoms with E-state index in [1.54, 1.807) is 7.11 Å². The van der Waals surface area contributed by atoms with Crippen molar-refractivity contribution in [3.05, 3.63) is 29.8 Å². The molecular formula is C18H23N3O4. The van der Waals surface area contributed by atoms with Gasteiger partial charge in [0.1, 0.15) is 11.8 Å². The second kappa shape index (κ2) is 7.55. The summed E-state index contributed by atoms with van der Waals surface area (Å²) in [6, 6.07) is 7.03. The van der Waals surface area contributed by atoms with Crippen molar-refractivity contribution >= 4 is 17.8 Å². The summed E-state index contributed by atoms with van der Waals surface area (Å²) >= 11 is 0. The molecule has 2 fully saturated rings. The van der Waals surface area contributed by atoms with E-state index in [-0.39, 0.29) is 18.2 Å². The molecule has 0 saturated carbocycles. The molecule has 2 N–H and O–H groups in total. The maximum absolute atomic E-state index is 12.3. The van der Waals surface area contributed by atoms with Gasteiger partial charge < -0.3 is 15.0 Å². The molecule has 134 valence electrons. The number of nitrogens with one attached hydrogen (secondary N) is 2. The van der Waals surface area contributed by atoms with Crippen LogP contribution in [0.4, 0.5) is 4.79 Å². The summed E-state index contributed by atoms with van der Waals surface area (Å²) in [4.78, 5) is 36.8. The van der Waals surface area contributed by atoms with Gasteiger partial charge in [0.15, 0.2) is 0 Å². The minimum absolute atomic E-state index is 0.0436. The Balaban J connectivity index is 1.45. The smallest absolute Gasteiger partial charge is 0.322 e. The van der Waals surface area contributed by atoms with Crippen LogP contribution in [0.5, 0.6) is 5.75 Å². The van der Waals surface area contributed by atoms with Gasteiger partial charge in [-0.3, -0.25) is 14.9 Å². The van der Waals surface area contributed by atoms with E-state index in [9.17, 15) is 14.4 Å². The molecule has 7 heteroatoms. The van der Waals surface area contributed by atoms with Crippen molar-refractivity contribution in [2.24, 2.45) is 0 Å². The van der Waals surface area contributed by atoms with Gasteiger partial charge in [0.2, 0.25) is 5.91 Å². The molecule has 1 aromatic rings.